The van der Waals surface area contributed by atoms with Crippen molar-refractivity contribution in [2.75, 3.05) is 13.1 Å². The fourth-order valence-corrected chi connectivity index (χ4v) is 4.81. The zero-order valence-electron chi connectivity index (χ0n) is 14.0. The Morgan fingerprint density at radius 2 is 2.08 bits per heavy atom. The lowest BCUT2D eigenvalue weighted by atomic mass is 9.95. The molecule has 6 heteroatoms. The van der Waals surface area contributed by atoms with Crippen LogP contribution in [-0.4, -0.2) is 37.7 Å². The number of likely N-dealkylation sites (tertiary alicyclic amines) is 1. The van der Waals surface area contributed by atoms with Gasteiger partial charge < -0.3 is 5.11 Å². The zero-order chi connectivity index (χ0) is 16.7. The van der Waals surface area contributed by atoms with Gasteiger partial charge in [0.1, 0.15) is 5.82 Å². The molecule has 2 unspecified atom stereocenters. The number of nitrogens with zero attached hydrogens (tertiary/aromatic N) is 4. The summed E-state index contributed by atoms with van der Waals surface area (Å²) in [6.45, 7) is 6.25. The van der Waals surface area contributed by atoms with Crippen molar-refractivity contribution in [1.29, 1.82) is 0 Å². The third kappa shape index (κ3) is 2.70. The molecule has 2 atom stereocenters. The average Bonchev–Trinajstić information content (AvgIpc) is 3.07. The van der Waals surface area contributed by atoms with E-state index in [0.717, 1.165) is 22.9 Å². The first kappa shape index (κ1) is 15.6. The molecular formula is C18H22N4OS. The molecule has 4 rings (SSSR count). The summed E-state index contributed by atoms with van der Waals surface area (Å²) in [6.07, 6.45) is 2.48. The Bertz CT molecular complexity index is 841. The number of aromatic hydroxyl groups is 1. The summed E-state index contributed by atoms with van der Waals surface area (Å²) in [5.74, 6) is 1.59. The van der Waals surface area contributed by atoms with Crippen LogP contribution in [0.15, 0.2) is 30.3 Å². The molecule has 1 N–H and O–H groups in total. The van der Waals surface area contributed by atoms with E-state index in [4.69, 9.17) is 0 Å². The second kappa shape index (κ2) is 6.18. The lowest BCUT2D eigenvalue weighted by Gasteiger charge is -2.37. The Hall–Kier alpha value is -1.92. The number of hydrogen-bond donors (Lipinski definition) is 1. The number of piperidine rings is 1. The number of hydrogen-bond acceptors (Lipinski definition) is 5. The molecule has 1 aliphatic rings. The van der Waals surface area contributed by atoms with Crippen molar-refractivity contribution < 1.29 is 5.11 Å². The fourth-order valence-electron chi connectivity index (χ4n) is 3.65. The van der Waals surface area contributed by atoms with Crippen LogP contribution in [-0.2, 0) is 0 Å². The van der Waals surface area contributed by atoms with Crippen LogP contribution in [0.25, 0.3) is 4.96 Å². The van der Waals surface area contributed by atoms with Crippen LogP contribution in [0.2, 0.25) is 0 Å². The molecule has 5 nitrogen and oxygen atoms in total. The van der Waals surface area contributed by atoms with Gasteiger partial charge in [0.2, 0.25) is 10.8 Å². The molecule has 1 fully saturated rings. The van der Waals surface area contributed by atoms with Crippen LogP contribution in [0.5, 0.6) is 5.88 Å². The lowest BCUT2D eigenvalue weighted by molar-refractivity contribution is 0.149. The number of aromatic nitrogens is 3. The molecule has 126 valence electrons. The summed E-state index contributed by atoms with van der Waals surface area (Å²) < 4.78 is 1.57. The Morgan fingerprint density at radius 1 is 1.29 bits per heavy atom. The standard InChI is InChI=1S/C18H22N4OS/c1-12-7-6-10-21(11-12)15(14-8-4-3-5-9-14)16-17(23)22-18(24-16)19-13(2)20-22/h3-5,8-9,12,15,23H,6-7,10-11H2,1-2H3. The van der Waals surface area contributed by atoms with E-state index in [1.165, 1.54) is 18.4 Å². The molecule has 0 aliphatic carbocycles. The molecule has 1 aromatic carbocycles. The van der Waals surface area contributed by atoms with Crippen molar-refractivity contribution >= 4 is 16.3 Å². The van der Waals surface area contributed by atoms with Crippen LogP contribution in [0.4, 0.5) is 0 Å². The van der Waals surface area contributed by atoms with Gasteiger partial charge in [0.25, 0.3) is 0 Å². The molecular weight excluding hydrogens is 320 g/mol. The molecule has 3 aromatic rings. The number of rotatable bonds is 3. The summed E-state index contributed by atoms with van der Waals surface area (Å²) in [5, 5.41) is 15.1. The predicted octanol–water partition coefficient (Wildman–Crippen LogP) is 3.63. The first-order valence-electron chi connectivity index (χ1n) is 8.47. The molecule has 1 saturated heterocycles. The van der Waals surface area contributed by atoms with Gasteiger partial charge in [-0.15, -0.1) is 5.10 Å². The van der Waals surface area contributed by atoms with Crippen molar-refractivity contribution in [2.45, 2.75) is 32.7 Å². The SMILES string of the molecule is Cc1nc2sc(C(c3ccccc3)N3CCCC(C)C3)c(O)n2n1. The average molecular weight is 342 g/mol. The summed E-state index contributed by atoms with van der Waals surface area (Å²) in [5.41, 5.74) is 1.21. The first-order valence-corrected chi connectivity index (χ1v) is 9.29. The summed E-state index contributed by atoms with van der Waals surface area (Å²) in [7, 11) is 0. The van der Waals surface area contributed by atoms with E-state index in [1.54, 1.807) is 15.9 Å². The molecule has 0 bridgehead atoms. The second-order valence-corrected chi connectivity index (χ2v) is 7.71. The predicted molar refractivity (Wildman–Crippen MR) is 95.5 cm³/mol. The second-order valence-electron chi connectivity index (χ2n) is 6.70. The van der Waals surface area contributed by atoms with Crippen molar-refractivity contribution in [3.05, 3.63) is 46.6 Å². The van der Waals surface area contributed by atoms with Gasteiger partial charge >= 0.3 is 0 Å². The molecule has 0 amide bonds. The normalized spacial score (nSPS) is 20.5. The highest BCUT2D eigenvalue weighted by Crippen LogP contribution is 2.41. The minimum absolute atomic E-state index is 0.0581. The molecule has 24 heavy (non-hydrogen) atoms. The highest BCUT2D eigenvalue weighted by Gasteiger charge is 2.31. The van der Waals surface area contributed by atoms with E-state index in [0.29, 0.717) is 11.7 Å². The van der Waals surface area contributed by atoms with Gasteiger partial charge in [-0.25, -0.2) is 4.98 Å². The van der Waals surface area contributed by atoms with Crippen molar-refractivity contribution in [3.63, 3.8) is 0 Å². The number of fused-ring (bicyclic) bond motifs is 1. The fraction of sp³-hybridized carbons (Fsp3) is 0.444. The number of benzene rings is 1. The number of aryl methyl sites for hydroxylation is 1. The molecule has 0 radical (unpaired) electrons. The van der Waals surface area contributed by atoms with Crippen LogP contribution in [0, 0.1) is 12.8 Å². The highest BCUT2D eigenvalue weighted by molar-refractivity contribution is 7.17. The maximum atomic E-state index is 10.8. The Labute approximate surface area is 145 Å². The van der Waals surface area contributed by atoms with E-state index < -0.39 is 0 Å². The van der Waals surface area contributed by atoms with Crippen LogP contribution in [0.3, 0.4) is 0 Å². The molecule has 3 heterocycles. The number of thiazole rings is 1. The van der Waals surface area contributed by atoms with E-state index >= 15 is 0 Å². The molecule has 1 aliphatic heterocycles. The summed E-state index contributed by atoms with van der Waals surface area (Å²) in [4.78, 5) is 8.60. The maximum Gasteiger partial charge on any atom is 0.230 e. The van der Waals surface area contributed by atoms with Gasteiger partial charge in [0.05, 0.1) is 10.9 Å². The third-order valence-corrected chi connectivity index (χ3v) is 5.80. The highest BCUT2D eigenvalue weighted by atomic mass is 32.1. The topological polar surface area (TPSA) is 53.7 Å². The third-order valence-electron chi connectivity index (χ3n) is 4.72. The van der Waals surface area contributed by atoms with E-state index in [2.05, 4.69) is 46.2 Å². The van der Waals surface area contributed by atoms with E-state index in [-0.39, 0.29) is 11.9 Å². The van der Waals surface area contributed by atoms with Gasteiger partial charge in [-0.05, 0) is 37.8 Å². The van der Waals surface area contributed by atoms with Crippen LogP contribution in [0.1, 0.15) is 42.1 Å². The lowest BCUT2D eigenvalue weighted by Crippen LogP contribution is -2.37. The maximum absolute atomic E-state index is 10.8. The first-order chi connectivity index (χ1) is 11.6. The van der Waals surface area contributed by atoms with E-state index in [1.807, 2.05) is 13.0 Å². The summed E-state index contributed by atoms with van der Waals surface area (Å²) >= 11 is 1.54. The monoisotopic (exact) mass is 342 g/mol. The van der Waals surface area contributed by atoms with Gasteiger partial charge in [-0.1, -0.05) is 48.6 Å². The van der Waals surface area contributed by atoms with Crippen molar-refractivity contribution in [2.24, 2.45) is 5.92 Å². The van der Waals surface area contributed by atoms with Gasteiger partial charge in [-0.2, -0.15) is 4.52 Å². The minimum atomic E-state index is 0.0581. The minimum Gasteiger partial charge on any atom is -0.492 e. The van der Waals surface area contributed by atoms with Crippen molar-refractivity contribution in [3.8, 4) is 5.88 Å². The van der Waals surface area contributed by atoms with Gasteiger partial charge in [-0.3, -0.25) is 4.90 Å². The quantitative estimate of drug-likeness (QED) is 0.790. The molecule has 0 spiro atoms. The zero-order valence-corrected chi connectivity index (χ0v) is 14.8. The largest absolute Gasteiger partial charge is 0.492 e. The molecule has 0 saturated carbocycles. The molecule has 2 aromatic heterocycles. The Morgan fingerprint density at radius 3 is 2.79 bits per heavy atom. The van der Waals surface area contributed by atoms with Crippen LogP contribution < -0.4 is 0 Å². The smallest absolute Gasteiger partial charge is 0.230 e. The van der Waals surface area contributed by atoms with Gasteiger partial charge in [0, 0.05) is 6.54 Å². The Balaban J connectivity index is 1.81. The Kier molecular flexibility index (Phi) is 4.02. The van der Waals surface area contributed by atoms with E-state index in [9.17, 15) is 5.11 Å². The van der Waals surface area contributed by atoms with Crippen molar-refractivity contribution in [1.82, 2.24) is 19.5 Å². The van der Waals surface area contributed by atoms with Gasteiger partial charge in [0.15, 0.2) is 0 Å². The van der Waals surface area contributed by atoms with Crippen LogP contribution >= 0.6 is 11.3 Å². The summed E-state index contributed by atoms with van der Waals surface area (Å²) in [6, 6.07) is 10.5.